The normalized spacial score (nSPS) is 14.9. The van der Waals surface area contributed by atoms with Crippen molar-refractivity contribution in [3.63, 3.8) is 0 Å². The third-order valence-electron chi connectivity index (χ3n) is 2.04. The summed E-state index contributed by atoms with van der Waals surface area (Å²) >= 11 is 0. The fourth-order valence-electron chi connectivity index (χ4n) is 1.31. The van der Waals surface area contributed by atoms with E-state index in [-0.39, 0.29) is 18.0 Å². The molecule has 2 rings (SSSR count). The predicted octanol–water partition coefficient (Wildman–Crippen LogP) is 1.23. The molecular weight excluding hydrogens is 180 g/mol. The second-order valence-electron chi connectivity index (χ2n) is 2.97. The third-order valence-corrected chi connectivity index (χ3v) is 2.04. The van der Waals surface area contributed by atoms with Gasteiger partial charge in [0.1, 0.15) is 5.75 Å². The van der Waals surface area contributed by atoms with Crippen LogP contribution in [0.3, 0.4) is 0 Å². The molecular formula is C11H8O3. The Bertz CT molecular complexity index is 418. The van der Waals surface area contributed by atoms with Gasteiger partial charge in [0.05, 0.1) is 5.57 Å². The van der Waals surface area contributed by atoms with E-state index in [2.05, 4.69) is 0 Å². The Morgan fingerprint density at radius 3 is 2.86 bits per heavy atom. The zero-order chi connectivity index (χ0) is 9.97. The molecule has 0 aliphatic carbocycles. The molecule has 0 amide bonds. The zero-order valence-electron chi connectivity index (χ0n) is 7.40. The first-order chi connectivity index (χ1) is 6.81. The second kappa shape index (κ2) is 3.46. The molecule has 70 valence electrons. The summed E-state index contributed by atoms with van der Waals surface area (Å²) in [5.74, 6) is 0.355. The van der Waals surface area contributed by atoms with Crippen LogP contribution in [0.4, 0.5) is 0 Å². The molecule has 14 heavy (non-hydrogen) atoms. The minimum Gasteiger partial charge on any atom is -0.485 e. The molecule has 0 unspecified atom stereocenters. The monoisotopic (exact) mass is 188 g/mol. The van der Waals surface area contributed by atoms with Gasteiger partial charge in [0.25, 0.3) is 0 Å². The van der Waals surface area contributed by atoms with Crippen LogP contribution in [0.2, 0.25) is 0 Å². The zero-order valence-corrected chi connectivity index (χ0v) is 7.40. The third kappa shape index (κ3) is 1.44. The Kier molecular flexibility index (Phi) is 2.14. The average Bonchev–Trinajstić information content (AvgIpc) is 2.38. The number of Topliss-reactive ketones (excluding diaryl/α,β-unsaturated/α-hetero) is 1. The standard InChI is InChI=1S/C11H8O3/c12-6-9-5-8-3-1-2-4-11(8)14-7-10(9)13/h1-6H,7H2. The highest BCUT2D eigenvalue weighted by molar-refractivity contribution is 6.16. The fraction of sp³-hybridized carbons (Fsp3) is 0.0909. The average molecular weight is 188 g/mol. The number of ether oxygens (including phenoxy) is 1. The Labute approximate surface area is 81.0 Å². The minimum absolute atomic E-state index is 0.0679. The Balaban J connectivity index is 2.52. The molecule has 0 atom stereocenters. The van der Waals surface area contributed by atoms with Crippen LogP contribution in [0.15, 0.2) is 29.8 Å². The Hall–Kier alpha value is -1.90. The maximum Gasteiger partial charge on any atom is 0.203 e. The van der Waals surface area contributed by atoms with E-state index >= 15 is 0 Å². The number of hydrogen-bond acceptors (Lipinski definition) is 3. The molecule has 0 spiro atoms. The van der Waals surface area contributed by atoms with Crippen LogP contribution < -0.4 is 4.74 Å². The van der Waals surface area contributed by atoms with Crippen molar-refractivity contribution < 1.29 is 14.3 Å². The van der Waals surface area contributed by atoms with E-state index in [4.69, 9.17) is 4.74 Å². The van der Waals surface area contributed by atoms with Crippen LogP contribution in [-0.2, 0) is 9.59 Å². The number of carbonyl (C=O) groups excluding carboxylic acids is 2. The van der Waals surface area contributed by atoms with Gasteiger partial charge in [-0.2, -0.15) is 0 Å². The van der Waals surface area contributed by atoms with Crippen molar-refractivity contribution in [1.82, 2.24) is 0 Å². The summed E-state index contributed by atoms with van der Waals surface area (Å²) in [6.45, 7) is -0.0679. The molecule has 3 nitrogen and oxygen atoms in total. The Morgan fingerprint density at radius 1 is 1.29 bits per heavy atom. The maximum absolute atomic E-state index is 11.3. The van der Waals surface area contributed by atoms with Crippen molar-refractivity contribution in [2.75, 3.05) is 6.61 Å². The first-order valence-corrected chi connectivity index (χ1v) is 4.23. The molecule has 0 radical (unpaired) electrons. The first-order valence-electron chi connectivity index (χ1n) is 4.23. The van der Waals surface area contributed by atoms with Crippen molar-refractivity contribution in [2.24, 2.45) is 0 Å². The van der Waals surface area contributed by atoms with Gasteiger partial charge < -0.3 is 4.74 Å². The smallest absolute Gasteiger partial charge is 0.203 e. The molecule has 1 heterocycles. The van der Waals surface area contributed by atoms with E-state index in [9.17, 15) is 9.59 Å². The second-order valence-corrected chi connectivity index (χ2v) is 2.97. The molecule has 3 heteroatoms. The van der Waals surface area contributed by atoms with Gasteiger partial charge in [-0.1, -0.05) is 18.2 Å². The lowest BCUT2D eigenvalue weighted by Crippen LogP contribution is -2.12. The predicted molar refractivity (Wildman–Crippen MR) is 51.0 cm³/mol. The summed E-state index contributed by atoms with van der Waals surface area (Å²) in [6.07, 6.45) is 2.12. The number of rotatable bonds is 1. The van der Waals surface area contributed by atoms with Crippen molar-refractivity contribution in [3.05, 3.63) is 35.4 Å². The number of aldehydes is 1. The largest absolute Gasteiger partial charge is 0.485 e. The number of hydrogen-bond donors (Lipinski definition) is 0. The molecule has 0 bridgehead atoms. The number of para-hydroxylation sites is 1. The summed E-state index contributed by atoms with van der Waals surface area (Å²) in [4.78, 5) is 21.9. The van der Waals surface area contributed by atoms with Crippen molar-refractivity contribution >= 4 is 18.1 Å². The molecule has 0 saturated heterocycles. The summed E-state index contributed by atoms with van der Waals surface area (Å²) in [6, 6.07) is 7.23. The Morgan fingerprint density at radius 2 is 2.07 bits per heavy atom. The highest BCUT2D eigenvalue weighted by atomic mass is 16.5. The SMILES string of the molecule is O=CC1=Cc2ccccc2OCC1=O. The lowest BCUT2D eigenvalue weighted by molar-refractivity contribution is -0.119. The lowest BCUT2D eigenvalue weighted by atomic mass is 10.1. The van der Waals surface area contributed by atoms with Crippen LogP contribution in [0.5, 0.6) is 5.75 Å². The van der Waals surface area contributed by atoms with Gasteiger partial charge >= 0.3 is 0 Å². The van der Waals surface area contributed by atoms with E-state index in [0.717, 1.165) is 5.56 Å². The summed E-state index contributed by atoms with van der Waals surface area (Å²) in [5, 5.41) is 0. The molecule has 0 N–H and O–H groups in total. The van der Waals surface area contributed by atoms with Gasteiger partial charge in [0.15, 0.2) is 12.9 Å². The summed E-state index contributed by atoms with van der Waals surface area (Å²) in [7, 11) is 0. The number of fused-ring (bicyclic) bond motifs is 1. The number of benzene rings is 1. The van der Waals surface area contributed by atoms with E-state index in [0.29, 0.717) is 12.0 Å². The summed E-state index contributed by atoms with van der Waals surface area (Å²) < 4.78 is 5.23. The van der Waals surface area contributed by atoms with Crippen molar-refractivity contribution in [1.29, 1.82) is 0 Å². The van der Waals surface area contributed by atoms with Gasteiger partial charge in [-0.25, -0.2) is 0 Å². The molecule has 1 aliphatic heterocycles. The van der Waals surface area contributed by atoms with Crippen LogP contribution in [0.1, 0.15) is 5.56 Å². The molecule has 1 aliphatic rings. The molecule has 1 aromatic carbocycles. The van der Waals surface area contributed by atoms with Crippen molar-refractivity contribution in [3.8, 4) is 5.75 Å². The minimum atomic E-state index is -0.281. The topological polar surface area (TPSA) is 43.4 Å². The first kappa shape index (κ1) is 8.69. The van der Waals surface area contributed by atoms with Gasteiger partial charge in [0, 0.05) is 5.56 Å². The lowest BCUT2D eigenvalue weighted by Gasteiger charge is -2.03. The highest BCUT2D eigenvalue weighted by Crippen LogP contribution is 2.23. The maximum atomic E-state index is 11.3. The summed E-state index contributed by atoms with van der Waals surface area (Å²) in [5.41, 5.74) is 0.926. The number of ketones is 1. The number of carbonyl (C=O) groups is 2. The highest BCUT2D eigenvalue weighted by Gasteiger charge is 2.15. The van der Waals surface area contributed by atoms with E-state index in [1.807, 2.05) is 12.1 Å². The molecule has 0 fully saturated rings. The van der Waals surface area contributed by atoms with E-state index in [1.165, 1.54) is 0 Å². The van der Waals surface area contributed by atoms with E-state index in [1.54, 1.807) is 18.2 Å². The van der Waals surface area contributed by atoms with Gasteiger partial charge in [-0.15, -0.1) is 0 Å². The van der Waals surface area contributed by atoms with Gasteiger partial charge in [0.2, 0.25) is 5.78 Å². The molecule has 0 aromatic heterocycles. The molecule has 0 saturated carbocycles. The van der Waals surface area contributed by atoms with Crippen LogP contribution in [0.25, 0.3) is 6.08 Å². The van der Waals surface area contributed by atoms with Gasteiger partial charge in [-0.3, -0.25) is 9.59 Å². The van der Waals surface area contributed by atoms with Gasteiger partial charge in [-0.05, 0) is 12.1 Å². The van der Waals surface area contributed by atoms with Crippen LogP contribution in [0, 0.1) is 0 Å². The van der Waals surface area contributed by atoms with E-state index < -0.39 is 0 Å². The molecule has 1 aromatic rings. The fourth-order valence-corrected chi connectivity index (χ4v) is 1.31. The van der Waals surface area contributed by atoms with Crippen LogP contribution >= 0.6 is 0 Å². The quantitative estimate of drug-likeness (QED) is 0.491. The van der Waals surface area contributed by atoms with Crippen LogP contribution in [-0.4, -0.2) is 18.7 Å². The van der Waals surface area contributed by atoms with Crippen molar-refractivity contribution in [2.45, 2.75) is 0 Å².